The van der Waals surface area contributed by atoms with E-state index in [0.29, 0.717) is 16.8 Å². The molecule has 126 valence electrons. The van der Waals surface area contributed by atoms with Gasteiger partial charge in [-0.2, -0.15) is 0 Å². The molecule has 0 aliphatic rings. The number of nitro benzene ring substituents is 1. The number of nitrogens with one attached hydrogen (secondary N) is 1. The van der Waals surface area contributed by atoms with Gasteiger partial charge in [0.2, 0.25) is 0 Å². The fraction of sp³-hybridized carbons (Fsp3) is 0.105. The van der Waals surface area contributed by atoms with E-state index in [-0.39, 0.29) is 17.0 Å². The van der Waals surface area contributed by atoms with Crippen molar-refractivity contribution in [1.29, 1.82) is 0 Å². The van der Waals surface area contributed by atoms with Crippen LogP contribution in [0.1, 0.15) is 21.5 Å². The fourth-order valence-electron chi connectivity index (χ4n) is 2.74. The number of nitro groups is 1. The summed E-state index contributed by atoms with van der Waals surface area (Å²) in [7, 11) is 0. The molecular formula is C19H16N2O4. The molecule has 3 aromatic rings. The summed E-state index contributed by atoms with van der Waals surface area (Å²) in [6.07, 6.45) is 0. The van der Waals surface area contributed by atoms with Gasteiger partial charge in [-0.05, 0) is 41.8 Å². The number of anilines is 1. The molecule has 0 saturated carbocycles. The number of aryl methyl sites for hydroxylation is 2. The third-order valence-electron chi connectivity index (χ3n) is 4.20. The smallest absolute Gasteiger partial charge is 0.271 e. The number of hydrogen-bond acceptors (Lipinski definition) is 4. The molecule has 3 rings (SSSR count). The molecule has 0 bridgehead atoms. The van der Waals surface area contributed by atoms with Gasteiger partial charge in [-0.1, -0.05) is 30.3 Å². The number of non-ortho nitro benzene ring substituents is 1. The second kappa shape index (κ2) is 6.24. The van der Waals surface area contributed by atoms with E-state index in [1.54, 1.807) is 26.0 Å². The predicted molar refractivity (Wildman–Crippen MR) is 96.1 cm³/mol. The summed E-state index contributed by atoms with van der Waals surface area (Å²) in [5.41, 5.74) is 1.65. The van der Waals surface area contributed by atoms with Crippen LogP contribution in [0.25, 0.3) is 10.8 Å². The second-order valence-corrected chi connectivity index (χ2v) is 5.83. The van der Waals surface area contributed by atoms with Crippen molar-refractivity contribution in [1.82, 2.24) is 0 Å². The predicted octanol–water partition coefficient (Wildman–Crippen LogP) is 4.32. The number of fused-ring (bicyclic) bond motifs is 1. The monoisotopic (exact) mass is 336 g/mol. The molecule has 0 aliphatic heterocycles. The fourth-order valence-corrected chi connectivity index (χ4v) is 2.74. The number of rotatable bonds is 3. The molecule has 0 radical (unpaired) electrons. The molecule has 0 aromatic heterocycles. The van der Waals surface area contributed by atoms with Gasteiger partial charge in [0.25, 0.3) is 11.6 Å². The Balaban J connectivity index is 2.02. The van der Waals surface area contributed by atoms with Crippen LogP contribution in [0.5, 0.6) is 5.75 Å². The van der Waals surface area contributed by atoms with Crippen LogP contribution < -0.4 is 5.32 Å². The third kappa shape index (κ3) is 3.01. The Kier molecular flexibility index (Phi) is 4.10. The van der Waals surface area contributed by atoms with Crippen LogP contribution in [-0.4, -0.2) is 15.9 Å². The van der Waals surface area contributed by atoms with E-state index in [0.717, 1.165) is 10.8 Å². The van der Waals surface area contributed by atoms with Gasteiger partial charge >= 0.3 is 0 Å². The Morgan fingerprint density at radius 1 is 1.12 bits per heavy atom. The second-order valence-electron chi connectivity index (χ2n) is 5.83. The first-order chi connectivity index (χ1) is 11.9. The standard InChI is InChI=1S/C19H16N2O4/c1-11-7-8-14(21(24)25)10-17(11)20-19(23)16-9-13-5-3-4-6-15(13)12(2)18(16)22/h3-10,22H,1-2H3,(H,20,23). The Morgan fingerprint density at radius 3 is 2.56 bits per heavy atom. The minimum atomic E-state index is -0.521. The number of phenolic OH excluding ortho intramolecular Hbond substituents is 1. The Hall–Kier alpha value is -3.41. The quantitative estimate of drug-likeness (QED) is 0.550. The zero-order valence-corrected chi connectivity index (χ0v) is 13.7. The van der Waals surface area contributed by atoms with Crippen molar-refractivity contribution < 1.29 is 14.8 Å². The van der Waals surface area contributed by atoms with E-state index >= 15 is 0 Å². The van der Waals surface area contributed by atoms with E-state index in [9.17, 15) is 20.0 Å². The number of amides is 1. The van der Waals surface area contributed by atoms with Crippen molar-refractivity contribution in [3.8, 4) is 5.75 Å². The molecule has 2 N–H and O–H groups in total. The molecule has 0 heterocycles. The van der Waals surface area contributed by atoms with Gasteiger partial charge in [0.15, 0.2) is 0 Å². The normalized spacial score (nSPS) is 10.6. The number of carbonyl (C=O) groups excluding carboxylic acids is 1. The van der Waals surface area contributed by atoms with E-state index in [2.05, 4.69) is 5.32 Å². The maximum Gasteiger partial charge on any atom is 0.271 e. The summed E-state index contributed by atoms with van der Waals surface area (Å²) in [5, 5.41) is 25.7. The highest BCUT2D eigenvalue weighted by molar-refractivity contribution is 6.09. The van der Waals surface area contributed by atoms with Crippen molar-refractivity contribution in [2.45, 2.75) is 13.8 Å². The summed E-state index contributed by atoms with van der Waals surface area (Å²) in [5.74, 6) is -0.616. The lowest BCUT2D eigenvalue weighted by molar-refractivity contribution is -0.384. The third-order valence-corrected chi connectivity index (χ3v) is 4.20. The number of carbonyl (C=O) groups is 1. The lowest BCUT2D eigenvalue weighted by atomic mass is 9.99. The van der Waals surface area contributed by atoms with Gasteiger partial charge in [-0.25, -0.2) is 0 Å². The van der Waals surface area contributed by atoms with Crippen molar-refractivity contribution in [3.05, 3.63) is 75.3 Å². The summed E-state index contributed by atoms with van der Waals surface area (Å²) in [6.45, 7) is 3.48. The Morgan fingerprint density at radius 2 is 1.84 bits per heavy atom. The average Bonchev–Trinajstić information content (AvgIpc) is 2.59. The number of phenols is 1. The van der Waals surface area contributed by atoms with Crippen LogP contribution in [0.2, 0.25) is 0 Å². The Labute approximate surface area is 143 Å². The Bertz CT molecular complexity index is 1010. The van der Waals surface area contributed by atoms with Crippen molar-refractivity contribution >= 4 is 28.1 Å². The van der Waals surface area contributed by atoms with Crippen molar-refractivity contribution in [3.63, 3.8) is 0 Å². The molecule has 0 spiro atoms. The largest absolute Gasteiger partial charge is 0.507 e. The number of nitrogens with zero attached hydrogens (tertiary/aromatic N) is 1. The summed E-state index contributed by atoms with van der Waals surface area (Å²) < 4.78 is 0. The van der Waals surface area contributed by atoms with Gasteiger partial charge in [0, 0.05) is 12.1 Å². The minimum absolute atomic E-state index is 0.0979. The first-order valence-electron chi connectivity index (χ1n) is 7.66. The first-order valence-corrected chi connectivity index (χ1v) is 7.66. The molecule has 0 saturated heterocycles. The van der Waals surface area contributed by atoms with E-state index in [4.69, 9.17) is 0 Å². The van der Waals surface area contributed by atoms with E-state index in [1.165, 1.54) is 12.1 Å². The van der Waals surface area contributed by atoms with Gasteiger partial charge < -0.3 is 10.4 Å². The first kappa shape index (κ1) is 16.4. The van der Waals surface area contributed by atoms with E-state index in [1.807, 2.05) is 24.3 Å². The SMILES string of the molecule is Cc1ccc([N+](=O)[O-])cc1NC(=O)c1cc2ccccc2c(C)c1O. The van der Waals surface area contributed by atoms with Crippen LogP contribution in [-0.2, 0) is 0 Å². The van der Waals surface area contributed by atoms with Gasteiger partial charge in [-0.15, -0.1) is 0 Å². The number of hydrogen-bond donors (Lipinski definition) is 2. The van der Waals surface area contributed by atoms with Crippen LogP contribution in [0.4, 0.5) is 11.4 Å². The molecule has 6 heteroatoms. The molecule has 6 nitrogen and oxygen atoms in total. The minimum Gasteiger partial charge on any atom is -0.507 e. The van der Waals surface area contributed by atoms with Crippen LogP contribution in [0.3, 0.4) is 0 Å². The number of benzene rings is 3. The lowest BCUT2D eigenvalue weighted by Crippen LogP contribution is -2.13. The molecular weight excluding hydrogens is 320 g/mol. The molecule has 3 aromatic carbocycles. The summed E-state index contributed by atoms with van der Waals surface area (Å²) >= 11 is 0. The topological polar surface area (TPSA) is 92.5 Å². The van der Waals surface area contributed by atoms with Crippen molar-refractivity contribution in [2.24, 2.45) is 0 Å². The highest BCUT2D eigenvalue weighted by Gasteiger charge is 2.18. The zero-order valence-electron chi connectivity index (χ0n) is 13.7. The molecule has 1 amide bonds. The van der Waals surface area contributed by atoms with Crippen LogP contribution >= 0.6 is 0 Å². The summed E-state index contributed by atoms with van der Waals surface area (Å²) in [6, 6.07) is 13.3. The highest BCUT2D eigenvalue weighted by Crippen LogP contribution is 2.31. The molecule has 0 fully saturated rings. The average molecular weight is 336 g/mol. The lowest BCUT2D eigenvalue weighted by Gasteiger charge is -2.12. The van der Waals surface area contributed by atoms with E-state index < -0.39 is 10.8 Å². The van der Waals surface area contributed by atoms with Gasteiger partial charge in [0.1, 0.15) is 5.75 Å². The zero-order chi connectivity index (χ0) is 18.1. The molecule has 0 unspecified atom stereocenters. The van der Waals surface area contributed by atoms with Gasteiger partial charge in [-0.3, -0.25) is 14.9 Å². The highest BCUT2D eigenvalue weighted by atomic mass is 16.6. The maximum absolute atomic E-state index is 12.6. The van der Waals surface area contributed by atoms with Crippen LogP contribution in [0.15, 0.2) is 48.5 Å². The summed E-state index contributed by atoms with van der Waals surface area (Å²) in [4.78, 5) is 23.0. The molecule has 25 heavy (non-hydrogen) atoms. The van der Waals surface area contributed by atoms with Gasteiger partial charge in [0.05, 0.1) is 16.2 Å². The van der Waals surface area contributed by atoms with Crippen LogP contribution in [0, 0.1) is 24.0 Å². The van der Waals surface area contributed by atoms with Crippen molar-refractivity contribution in [2.75, 3.05) is 5.32 Å². The molecule has 0 atom stereocenters. The number of aromatic hydroxyl groups is 1. The maximum atomic E-state index is 12.6. The molecule has 0 aliphatic carbocycles.